The van der Waals surface area contributed by atoms with Gasteiger partial charge in [-0.2, -0.15) is 26.3 Å². The average molecular weight is 281 g/mol. The van der Waals surface area contributed by atoms with Gasteiger partial charge in [0.05, 0.1) is 0 Å². The Hall–Kier alpha value is -1.20. The van der Waals surface area contributed by atoms with E-state index < -0.39 is 0 Å². The summed E-state index contributed by atoms with van der Waals surface area (Å²) in [7, 11) is 0. The molecule has 0 amide bonds. The maximum absolute atomic E-state index is 6.00. The quantitative estimate of drug-likeness (QED) is 0.847. The number of nitrogens with zero attached hydrogens (tertiary/aromatic N) is 4. The van der Waals surface area contributed by atoms with E-state index in [-0.39, 0.29) is 5.28 Å². The van der Waals surface area contributed by atoms with Crippen LogP contribution in [0.2, 0.25) is 5.28 Å². The number of piperidine rings is 1. The van der Waals surface area contributed by atoms with Crippen molar-refractivity contribution in [2.24, 2.45) is 0 Å². The van der Waals surface area contributed by atoms with Crippen LogP contribution in [0.25, 0.3) is 11.4 Å². The van der Waals surface area contributed by atoms with Crippen molar-refractivity contribution in [3.05, 3.63) is 22.1 Å². The van der Waals surface area contributed by atoms with Gasteiger partial charge in [-0.05, 0) is 42.3 Å². The van der Waals surface area contributed by atoms with Crippen LogP contribution < -0.4 is 4.90 Å². The summed E-state index contributed by atoms with van der Waals surface area (Å²) in [5, 5.41) is 4.30. The van der Waals surface area contributed by atoms with Gasteiger partial charge in [0.2, 0.25) is 11.2 Å². The highest BCUT2D eigenvalue weighted by atomic mass is 35.5. The van der Waals surface area contributed by atoms with Crippen LogP contribution in [0.4, 0.5) is 5.95 Å². The molecular formula is C12H13ClN4S. The van der Waals surface area contributed by atoms with Crippen LogP contribution >= 0.6 is 22.9 Å². The maximum atomic E-state index is 6.00. The lowest BCUT2D eigenvalue weighted by atomic mass is 10.1. The molecule has 1 aliphatic rings. The third-order valence-electron chi connectivity index (χ3n) is 3.01. The number of thiophene rings is 1. The second kappa shape index (κ2) is 5.20. The lowest BCUT2D eigenvalue weighted by molar-refractivity contribution is 0.567. The van der Waals surface area contributed by atoms with Gasteiger partial charge in [-0.3, -0.25) is 0 Å². The molecule has 0 bridgehead atoms. The Morgan fingerprint density at radius 3 is 2.67 bits per heavy atom. The summed E-state index contributed by atoms with van der Waals surface area (Å²) >= 11 is 7.63. The van der Waals surface area contributed by atoms with Crippen molar-refractivity contribution in [3.63, 3.8) is 0 Å². The zero-order valence-electron chi connectivity index (χ0n) is 9.84. The SMILES string of the molecule is Clc1nc(-c2ccsc2)nc(N2CCCCC2)n1. The number of anilines is 1. The first kappa shape index (κ1) is 11.9. The summed E-state index contributed by atoms with van der Waals surface area (Å²) in [6, 6.07) is 2.00. The van der Waals surface area contributed by atoms with Crippen molar-refractivity contribution in [2.45, 2.75) is 19.3 Å². The standard InChI is InChI=1S/C12H13ClN4S/c13-11-14-10(9-4-7-18-8-9)15-12(16-11)17-5-2-1-3-6-17/h4,7-8H,1-3,5-6H2. The molecule has 94 valence electrons. The molecule has 0 spiro atoms. The molecule has 0 aromatic carbocycles. The molecule has 0 unspecified atom stereocenters. The van der Waals surface area contributed by atoms with E-state index in [1.165, 1.54) is 19.3 Å². The topological polar surface area (TPSA) is 41.9 Å². The fourth-order valence-electron chi connectivity index (χ4n) is 2.10. The average Bonchev–Trinajstić information content (AvgIpc) is 2.93. The van der Waals surface area contributed by atoms with E-state index in [1.54, 1.807) is 11.3 Å². The van der Waals surface area contributed by atoms with Crippen molar-refractivity contribution in [1.82, 2.24) is 15.0 Å². The van der Waals surface area contributed by atoms with Crippen molar-refractivity contribution in [3.8, 4) is 11.4 Å². The third-order valence-corrected chi connectivity index (χ3v) is 3.87. The molecule has 0 radical (unpaired) electrons. The van der Waals surface area contributed by atoms with E-state index in [0.717, 1.165) is 18.7 Å². The van der Waals surface area contributed by atoms with Crippen molar-refractivity contribution in [2.75, 3.05) is 18.0 Å². The van der Waals surface area contributed by atoms with Crippen LogP contribution in [-0.4, -0.2) is 28.0 Å². The van der Waals surface area contributed by atoms with E-state index in [4.69, 9.17) is 11.6 Å². The molecule has 4 nitrogen and oxygen atoms in total. The first-order chi connectivity index (χ1) is 8.83. The molecule has 0 atom stereocenters. The maximum Gasteiger partial charge on any atom is 0.230 e. The van der Waals surface area contributed by atoms with E-state index in [2.05, 4.69) is 19.9 Å². The second-order valence-electron chi connectivity index (χ2n) is 4.29. The van der Waals surface area contributed by atoms with Crippen LogP contribution in [0.5, 0.6) is 0 Å². The highest BCUT2D eigenvalue weighted by molar-refractivity contribution is 7.08. The monoisotopic (exact) mass is 280 g/mol. The van der Waals surface area contributed by atoms with Crippen LogP contribution in [-0.2, 0) is 0 Å². The molecule has 0 aliphatic carbocycles. The fraction of sp³-hybridized carbons (Fsp3) is 0.417. The van der Waals surface area contributed by atoms with Gasteiger partial charge in [0.15, 0.2) is 5.82 Å². The summed E-state index contributed by atoms with van der Waals surface area (Å²) in [5.41, 5.74) is 1.00. The van der Waals surface area contributed by atoms with Crippen molar-refractivity contribution in [1.29, 1.82) is 0 Å². The molecule has 3 heterocycles. The van der Waals surface area contributed by atoms with Gasteiger partial charge in [-0.1, -0.05) is 0 Å². The molecule has 18 heavy (non-hydrogen) atoms. The Kier molecular flexibility index (Phi) is 3.43. The molecule has 2 aromatic rings. The summed E-state index contributed by atoms with van der Waals surface area (Å²) < 4.78 is 0. The molecule has 2 aromatic heterocycles. The highest BCUT2D eigenvalue weighted by Gasteiger charge is 2.16. The number of hydrogen-bond donors (Lipinski definition) is 0. The Balaban J connectivity index is 1.95. The predicted molar refractivity (Wildman–Crippen MR) is 74.2 cm³/mol. The number of aromatic nitrogens is 3. The predicted octanol–water partition coefficient (Wildman–Crippen LogP) is 3.24. The molecular weight excluding hydrogens is 268 g/mol. The first-order valence-corrected chi connectivity index (χ1v) is 7.34. The van der Waals surface area contributed by atoms with Crippen LogP contribution in [0.1, 0.15) is 19.3 Å². The smallest absolute Gasteiger partial charge is 0.230 e. The Morgan fingerprint density at radius 2 is 1.94 bits per heavy atom. The zero-order valence-corrected chi connectivity index (χ0v) is 11.4. The van der Waals surface area contributed by atoms with E-state index in [1.807, 2.05) is 16.8 Å². The van der Waals surface area contributed by atoms with Gasteiger partial charge in [0.1, 0.15) is 0 Å². The lowest BCUT2D eigenvalue weighted by Gasteiger charge is -2.26. The molecule has 1 fully saturated rings. The zero-order chi connectivity index (χ0) is 12.4. The van der Waals surface area contributed by atoms with Gasteiger partial charge >= 0.3 is 0 Å². The number of halogens is 1. The summed E-state index contributed by atoms with van der Waals surface area (Å²) in [6.45, 7) is 2.01. The minimum atomic E-state index is 0.270. The van der Waals surface area contributed by atoms with Crippen LogP contribution in [0.15, 0.2) is 16.8 Å². The molecule has 6 heteroatoms. The van der Waals surface area contributed by atoms with Gasteiger partial charge in [0.25, 0.3) is 0 Å². The van der Waals surface area contributed by atoms with Gasteiger partial charge in [-0.15, -0.1) is 0 Å². The van der Waals surface area contributed by atoms with Gasteiger partial charge in [-0.25, -0.2) is 0 Å². The first-order valence-electron chi connectivity index (χ1n) is 6.02. The normalized spacial score (nSPS) is 15.9. The molecule has 3 rings (SSSR count). The van der Waals surface area contributed by atoms with Gasteiger partial charge in [0, 0.05) is 24.0 Å². The summed E-state index contributed by atoms with van der Waals surface area (Å²) in [6.07, 6.45) is 3.67. The lowest BCUT2D eigenvalue weighted by Crippen LogP contribution is -2.31. The van der Waals surface area contributed by atoms with Crippen LogP contribution in [0.3, 0.4) is 0 Å². The van der Waals surface area contributed by atoms with E-state index in [0.29, 0.717) is 11.8 Å². The van der Waals surface area contributed by atoms with E-state index in [9.17, 15) is 0 Å². The van der Waals surface area contributed by atoms with E-state index >= 15 is 0 Å². The Morgan fingerprint density at radius 1 is 1.11 bits per heavy atom. The highest BCUT2D eigenvalue weighted by Crippen LogP contribution is 2.23. The Labute approximate surface area is 115 Å². The van der Waals surface area contributed by atoms with Crippen LogP contribution in [0, 0.1) is 0 Å². The number of rotatable bonds is 2. The van der Waals surface area contributed by atoms with Crippen molar-refractivity contribution >= 4 is 28.9 Å². The molecule has 0 saturated carbocycles. The minimum absolute atomic E-state index is 0.270. The largest absolute Gasteiger partial charge is 0.341 e. The minimum Gasteiger partial charge on any atom is -0.341 e. The molecule has 1 aliphatic heterocycles. The summed E-state index contributed by atoms with van der Waals surface area (Å²) in [5.74, 6) is 1.37. The molecule has 0 N–H and O–H groups in total. The summed E-state index contributed by atoms with van der Waals surface area (Å²) in [4.78, 5) is 15.1. The fourth-order valence-corrected chi connectivity index (χ4v) is 2.89. The number of hydrogen-bond acceptors (Lipinski definition) is 5. The Bertz CT molecular complexity index is 523. The van der Waals surface area contributed by atoms with Gasteiger partial charge < -0.3 is 4.90 Å². The van der Waals surface area contributed by atoms with Crippen molar-refractivity contribution < 1.29 is 0 Å². The molecule has 1 saturated heterocycles. The second-order valence-corrected chi connectivity index (χ2v) is 5.41. The third kappa shape index (κ3) is 2.47.